The third-order valence-electron chi connectivity index (χ3n) is 6.05. The van der Waals surface area contributed by atoms with E-state index in [0.29, 0.717) is 34.5 Å². The molecule has 1 saturated heterocycles. The summed E-state index contributed by atoms with van der Waals surface area (Å²) in [6, 6.07) is 10.4. The van der Waals surface area contributed by atoms with E-state index in [-0.39, 0.29) is 43.0 Å². The quantitative estimate of drug-likeness (QED) is 0.365. The minimum Gasteiger partial charge on any atom is -0.302 e. The normalized spacial score (nSPS) is 13.6. The van der Waals surface area contributed by atoms with Crippen LogP contribution in [0.4, 0.5) is 10.8 Å². The number of hydrogen-bond acceptors (Lipinski definition) is 6. The fourth-order valence-electron chi connectivity index (χ4n) is 4.12. The van der Waals surface area contributed by atoms with Gasteiger partial charge < -0.3 is 4.90 Å². The van der Waals surface area contributed by atoms with Gasteiger partial charge in [-0.05, 0) is 55.9 Å². The molecule has 0 bridgehead atoms. The predicted octanol–water partition coefficient (Wildman–Crippen LogP) is 5.32. The molecule has 0 unspecified atom stereocenters. The van der Waals surface area contributed by atoms with Crippen molar-refractivity contribution in [1.29, 1.82) is 0 Å². The maximum atomic E-state index is 13.8. The SMILES string of the molecule is CCN(CC)CCN(C(=O)c1cccc(N2C(=O)CCC2=O)c1)c1nc2c(C)cc(Cl)cc2s1.Cl. The molecule has 2 heterocycles. The smallest absolute Gasteiger partial charge is 0.260 e. The molecule has 10 heteroatoms. The van der Waals surface area contributed by atoms with Gasteiger partial charge in [0.1, 0.15) is 0 Å². The topological polar surface area (TPSA) is 73.8 Å². The highest BCUT2D eigenvalue weighted by molar-refractivity contribution is 7.22. The van der Waals surface area contributed by atoms with E-state index >= 15 is 0 Å². The van der Waals surface area contributed by atoms with Crippen LogP contribution in [0.15, 0.2) is 36.4 Å². The molecule has 0 radical (unpaired) electrons. The molecule has 0 spiro atoms. The average molecular weight is 535 g/mol. The summed E-state index contributed by atoms with van der Waals surface area (Å²) in [5.41, 5.74) is 2.61. The van der Waals surface area contributed by atoms with E-state index in [9.17, 15) is 14.4 Å². The third kappa shape index (κ3) is 5.67. The van der Waals surface area contributed by atoms with E-state index in [2.05, 4.69) is 18.7 Å². The molecular weight excluding hydrogens is 507 g/mol. The summed E-state index contributed by atoms with van der Waals surface area (Å²) in [6.45, 7) is 9.03. The fourth-order valence-corrected chi connectivity index (χ4v) is 5.57. The molecule has 2 aromatic carbocycles. The second kappa shape index (κ2) is 11.5. The van der Waals surface area contributed by atoms with Crippen molar-refractivity contribution in [3.05, 3.63) is 52.5 Å². The summed E-state index contributed by atoms with van der Waals surface area (Å²) in [7, 11) is 0. The minimum absolute atomic E-state index is 0. The second-order valence-corrected chi connectivity index (χ2v) is 9.67. The number of carbonyl (C=O) groups excluding carboxylic acids is 3. The predicted molar refractivity (Wildman–Crippen MR) is 144 cm³/mol. The first kappa shape index (κ1) is 27.1. The Bertz CT molecular complexity index is 1240. The van der Waals surface area contributed by atoms with Gasteiger partial charge in [-0.3, -0.25) is 24.2 Å². The number of benzene rings is 2. The Labute approximate surface area is 220 Å². The molecule has 1 fully saturated rings. The maximum Gasteiger partial charge on any atom is 0.260 e. The molecule has 1 aromatic heterocycles. The van der Waals surface area contributed by atoms with Crippen LogP contribution in [0.2, 0.25) is 5.02 Å². The molecule has 3 aromatic rings. The molecule has 1 aliphatic rings. The number of thiazole rings is 1. The monoisotopic (exact) mass is 534 g/mol. The number of amides is 3. The highest BCUT2D eigenvalue weighted by Crippen LogP contribution is 2.34. The largest absolute Gasteiger partial charge is 0.302 e. The van der Waals surface area contributed by atoms with Gasteiger partial charge in [-0.1, -0.05) is 42.9 Å². The van der Waals surface area contributed by atoms with Gasteiger partial charge in [-0.2, -0.15) is 0 Å². The maximum absolute atomic E-state index is 13.8. The summed E-state index contributed by atoms with van der Waals surface area (Å²) < 4.78 is 0.919. The number of rotatable bonds is 8. The number of anilines is 2. The molecule has 186 valence electrons. The van der Waals surface area contributed by atoms with Crippen LogP contribution in [0, 0.1) is 6.92 Å². The molecule has 7 nitrogen and oxygen atoms in total. The van der Waals surface area contributed by atoms with Gasteiger partial charge in [0.15, 0.2) is 5.13 Å². The first-order valence-electron chi connectivity index (χ1n) is 11.4. The number of imide groups is 1. The van der Waals surface area contributed by atoms with Gasteiger partial charge in [0.2, 0.25) is 11.8 Å². The van der Waals surface area contributed by atoms with Gasteiger partial charge in [0.05, 0.1) is 15.9 Å². The number of nitrogens with zero attached hydrogens (tertiary/aromatic N) is 4. The zero-order valence-corrected chi connectivity index (χ0v) is 22.3. The van der Waals surface area contributed by atoms with Crippen molar-refractivity contribution in [2.45, 2.75) is 33.6 Å². The Balaban J connectivity index is 0.00000342. The van der Waals surface area contributed by atoms with Gasteiger partial charge in [0, 0.05) is 36.5 Å². The number of likely N-dealkylation sites (N-methyl/N-ethyl adjacent to an activating group) is 1. The lowest BCUT2D eigenvalue weighted by Gasteiger charge is -2.25. The van der Waals surface area contributed by atoms with E-state index in [1.54, 1.807) is 29.2 Å². The third-order valence-corrected chi connectivity index (χ3v) is 7.30. The summed E-state index contributed by atoms with van der Waals surface area (Å²) in [5, 5.41) is 1.23. The van der Waals surface area contributed by atoms with E-state index in [4.69, 9.17) is 16.6 Å². The minimum atomic E-state index is -0.244. The highest BCUT2D eigenvalue weighted by atomic mass is 35.5. The van der Waals surface area contributed by atoms with Gasteiger partial charge in [0.25, 0.3) is 5.91 Å². The van der Waals surface area contributed by atoms with Crippen LogP contribution >= 0.6 is 35.3 Å². The van der Waals surface area contributed by atoms with E-state index in [1.165, 1.54) is 16.2 Å². The lowest BCUT2D eigenvalue weighted by atomic mass is 10.1. The van der Waals surface area contributed by atoms with Crippen LogP contribution in [0.5, 0.6) is 0 Å². The van der Waals surface area contributed by atoms with Gasteiger partial charge in [-0.25, -0.2) is 4.98 Å². The van der Waals surface area contributed by atoms with E-state index in [1.807, 2.05) is 19.1 Å². The van der Waals surface area contributed by atoms with Gasteiger partial charge >= 0.3 is 0 Å². The molecule has 0 saturated carbocycles. The number of halogens is 2. The molecule has 1 aliphatic heterocycles. The Kier molecular flexibility index (Phi) is 8.88. The zero-order chi connectivity index (χ0) is 24.4. The molecule has 0 N–H and O–H groups in total. The summed E-state index contributed by atoms with van der Waals surface area (Å²) in [5.74, 6) is -0.714. The standard InChI is InChI=1S/C25H27ClN4O3S.ClH/c1-4-28(5-2)11-12-29(25-27-23-16(3)13-18(26)15-20(23)34-25)24(33)17-7-6-8-19(14-17)30-21(31)9-10-22(30)32;/h6-8,13-15H,4-5,9-12H2,1-3H3;1H. The number of aromatic nitrogens is 1. The summed E-state index contributed by atoms with van der Waals surface area (Å²) in [4.78, 5) is 48.0. The van der Waals surface area contributed by atoms with Crippen molar-refractivity contribution < 1.29 is 14.4 Å². The van der Waals surface area contributed by atoms with Crippen molar-refractivity contribution in [3.63, 3.8) is 0 Å². The molecule has 0 atom stereocenters. The number of aryl methyl sites for hydroxylation is 1. The van der Waals surface area contributed by atoms with Crippen molar-refractivity contribution in [2.24, 2.45) is 0 Å². The number of carbonyl (C=O) groups is 3. The Hall–Kier alpha value is -2.52. The molecular formula is C25H28Cl2N4O3S. The summed E-state index contributed by atoms with van der Waals surface area (Å²) >= 11 is 7.67. The van der Waals surface area contributed by atoms with Crippen molar-refractivity contribution in [2.75, 3.05) is 36.0 Å². The highest BCUT2D eigenvalue weighted by Gasteiger charge is 2.31. The number of fused-ring (bicyclic) bond motifs is 1. The summed E-state index contributed by atoms with van der Waals surface area (Å²) in [6.07, 6.45) is 0.390. The fraction of sp³-hybridized carbons (Fsp3) is 0.360. The molecule has 0 aliphatic carbocycles. The van der Waals surface area contributed by atoms with Gasteiger partial charge in [-0.15, -0.1) is 12.4 Å². The Morgan fingerprint density at radius 2 is 1.77 bits per heavy atom. The Morgan fingerprint density at radius 1 is 1.09 bits per heavy atom. The van der Waals surface area contributed by atoms with Crippen molar-refractivity contribution in [1.82, 2.24) is 9.88 Å². The zero-order valence-electron chi connectivity index (χ0n) is 19.9. The van der Waals surface area contributed by atoms with E-state index < -0.39 is 0 Å². The first-order chi connectivity index (χ1) is 16.3. The van der Waals surface area contributed by atoms with Crippen LogP contribution in [-0.2, 0) is 9.59 Å². The van der Waals surface area contributed by atoms with Crippen LogP contribution in [-0.4, -0.2) is 53.8 Å². The number of hydrogen-bond donors (Lipinski definition) is 0. The molecule has 35 heavy (non-hydrogen) atoms. The van der Waals surface area contributed by atoms with E-state index in [0.717, 1.165) is 28.9 Å². The lowest BCUT2D eigenvalue weighted by molar-refractivity contribution is -0.121. The van der Waals surface area contributed by atoms with Crippen LogP contribution < -0.4 is 9.80 Å². The van der Waals surface area contributed by atoms with Crippen molar-refractivity contribution in [3.8, 4) is 0 Å². The first-order valence-corrected chi connectivity index (χ1v) is 12.6. The Morgan fingerprint density at radius 3 is 2.43 bits per heavy atom. The molecule has 3 amide bonds. The second-order valence-electron chi connectivity index (χ2n) is 8.22. The van der Waals surface area contributed by atoms with Crippen LogP contribution in [0.1, 0.15) is 42.6 Å². The average Bonchev–Trinajstić information content (AvgIpc) is 3.39. The van der Waals surface area contributed by atoms with Crippen LogP contribution in [0.3, 0.4) is 0 Å². The lowest BCUT2D eigenvalue weighted by Crippen LogP contribution is -2.39. The van der Waals surface area contributed by atoms with Crippen LogP contribution in [0.25, 0.3) is 10.2 Å². The molecule has 4 rings (SSSR count). The van der Waals surface area contributed by atoms with Crippen molar-refractivity contribution >= 4 is 74.1 Å².